The van der Waals surface area contributed by atoms with Gasteiger partial charge in [0.15, 0.2) is 0 Å². The van der Waals surface area contributed by atoms with E-state index in [0.29, 0.717) is 13.2 Å². The standard InChI is InChI=1S/C11H19N3O5/c1-11(3-2-4-19-6-11)14-10(18)13-7(9(16)17)5-8(12)15/h7H,2-6H2,1H3,(H2,12,15)(H,16,17)(H2,13,14,18)/t7-,11?/m0/s1. The molecule has 1 fully saturated rings. The normalized spacial score (nSPS) is 24.3. The fourth-order valence-electron chi connectivity index (χ4n) is 1.90. The highest BCUT2D eigenvalue weighted by Gasteiger charge is 2.31. The van der Waals surface area contributed by atoms with Crippen LogP contribution in [-0.4, -0.2) is 47.8 Å². The van der Waals surface area contributed by atoms with Crippen molar-refractivity contribution in [2.75, 3.05) is 13.2 Å². The van der Waals surface area contributed by atoms with Crippen LogP contribution >= 0.6 is 0 Å². The topological polar surface area (TPSA) is 131 Å². The van der Waals surface area contributed by atoms with E-state index >= 15 is 0 Å². The van der Waals surface area contributed by atoms with Crippen molar-refractivity contribution in [2.24, 2.45) is 5.73 Å². The van der Waals surface area contributed by atoms with Crippen LogP contribution < -0.4 is 16.4 Å². The predicted octanol–water partition coefficient (Wildman–Crippen LogP) is -0.817. The smallest absolute Gasteiger partial charge is 0.326 e. The van der Waals surface area contributed by atoms with Gasteiger partial charge >= 0.3 is 12.0 Å². The van der Waals surface area contributed by atoms with Crippen molar-refractivity contribution >= 4 is 17.9 Å². The number of rotatable bonds is 5. The van der Waals surface area contributed by atoms with Crippen molar-refractivity contribution in [2.45, 2.75) is 37.8 Å². The first-order chi connectivity index (χ1) is 8.82. The van der Waals surface area contributed by atoms with Crippen LogP contribution in [-0.2, 0) is 14.3 Å². The molecule has 1 unspecified atom stereocenters. The lowest BCUT2D eigenvalue weighted by molar-refractivity contribution is -0.140. The Balaban J connectivity index is 2.52. The molecule has 19 heavy (non-hydrogen) atoms. The van der Waals surface area contributed by atoms with Crippen LogP contribution in [0.3, 0.4) is 0 Å². The van der Waals surface area contributed by atoms with Gasteiger partial charge in [0.25, 0.3) is 0 Å². The van der Waals surface area contributed by atoms with Gasteiger partial charge in [0.1, 0.15) is 6.04 Å². The minimum atomic E-state index is -1.33. The number of primary amides is 1. The van der Waals surface area contributed by atoms with Crippen LogP contribution in [0.2, 0.25) is 0 Å². The zero-order valence-electron chi connectivity index (χ0n) is 10.8. The van der Waals surface area contributed by atoms with Gasteiger partial charge in [0.05, 0.1) is 18.6 Å². The molecule has 1 heterocycles. The van der Waals surface area contributed by atoms with Gasteiger partial charge in [-0.15, -0.1) is 0 Å². The monoisotopic (exact) mass is 273 g/mol. The molecule has 0 aromatic rings. The highest BCUT2D eigenvalue weighted by molar-refractivity contribution is 5.87. The summed E-state index contributed by atoms with van der Waals surface area (Å²) >= 11 is 0. The zero-order valence-corrected chi connectivity index (χ0v) is 10.8. The van der Waals surface area contributed by atoms with Crippen LogP contribution in [0.1, 0.15) is 26.2 Å². The fourth-order valence-corrected chi connectivity index (χ4v) is 1.90. The van der Waals surface area contributed by atoms with Gasteiger partial charge in [0.2, 0.25) is 5.91 Å². The summed E-state index contributed by atoms with van der Waals surface area (Å²) in [6.07, 6.45) is 1.12. The summed E-state index contributed by atoms with van der Waals surface area (Å²) in [6, 6.07) is -1.98. The van der Waals surface area contributed by atoms with Crippen molar-refractivity contribution in [3.8, 4) is 0 Å². The molecule has 3 amide bonds. The molecule has 1 saturated heterocycles. The van der Waals surface area contributed by atoms with Crippen LogP contribution in [0.4, 0.5) is 4.79 Å². The maximum Gasteiger partial charge on any atom is 0.326 e. The average Bonchev–Trinajstić information content (AvgIpc) is 2.27. The molecule has 0 bridgehead atoms. The molecule has 1 rings (SSSR count). The number of carboxylic acids is 1. The van der Waals surface area contributed by atoms with Gasteiger partial charge in [-0.1, -0.05) is 0 Å². The lowest BCUT2D eigenvalue weighted by atomic mass is 9.95. The van der Waals surface area contributed by atoms with E-state index in [1.54, 1.807) is 0 Å². The largest absolute Gasteiger partial charge is 0.480 e. The number of hydrogen-bond donors (Lipinski definition) is 4. The summed E-state index contributed by atoms with van der Waals surface area (Å²) in [5.41, 5.74) is 4.39. The van der Waals surface area contributed by atoms with Crippen molar-refractivity contribution in [3.63, 3.8) is 0 Å². The van der Waals surface area contributed by atoms with E-state index in [9.17, 15) is 14.4 Å². The van der Waals surface area contributed by atoms with Crippen molar-refractivity contribution < 1.29 is 24.2 Å². The van der Waals surface area contributed by atoms with E-state index in [4.69, 9.17) is 15.6 Å². The number of nitrogens with two attached hydrogens (primary N) is 1. The molecule has 0 aromatic carbocycles. The zero-order chi connectivity index (χ0) is 14.5. The Morgan fingerprint density at radius 2 is 2.16 bits per heavy atom. The first kappa shape index (κ1) is 15.2. The Morgan fingerprint density at radius 1 is 1.47 bits per heavy atom. The number of carbonyl (C=O) groups excluding carboxylic acids is 2. The molecule has 0 spiro atoms. The van der Waals surface area contributed by atoms with Crippen LogP contribution in [0.15, 0.2) is 0 Å². The van der Waals surface area contributed by atoms with E-state index in [0.717, 1.165) is 12.8 Å². The maximum atomic E-state index is 11.7. The molecule has 1 aliphatic heterocycles. The lowest BCUT2D eigenvalue weighted by Crippen LogP contribution is -2.57. The Hall–Kier alpha value is -1.83. The number of carboxylic acid groups (broad SMARTS) is 1. The van der Waals surface area contributed by atoms with Crippen LogP contribution in [0.25, 0.3) is 0 Å². The van der Waals surface area contributed by atoms with E-state index in [2.05, 4.69) is 10.6 Å². The minimum absolute atomic E-state index is 0.369. The molecule has 0 aromatic heterocycles. The van der Waals surface area contributed by atoms with Crippen LogP contribution in [0.5, 0.6) is 0 Å². The molecule has 8 heteroatoms. The van der Waals surface area contributed by atoms with Crippen molar-refractivity contribution in [1.29, 1.82) is 0 Å². The van der Waals surface area contributed by atoms with Gasteiger partial charge in [0, 0.05) is 6.61 Å². The molecular formula is C11H19N3O5. The van der Waals surface area contributed by atoms with Crippen molar-refractivity contribution in [3.05, 3.63) is 0 Å². The summed E-state index contributed by atoms with van der Waals surface area (Å²) in [5, 5.41) is 13.7. The van der Waals surface area contributed by atoms with Gasteiger partial charge < -0.3 is 26.2 Å². The number of amides is 3. The number of urea groups is 1. The first-order valence-electron chi connectivity index (χ1n) is 6.00. The summed E-state index contributed by atoms with van der Waals surface area (Å²) in [4.78, 5) is 33.3. The molecule has 0 aliphatic carbocycles. The quantitative estimate of drug-likeness (QED) is 0.520. The van der Waals surface area contributed by atoms with Gasteiger partial charge in [-0.3, -0.25) is 4.79 Å². The minimum Gasteiger partial charge on any atom is -0.480 e. The van der Waals surface area contributed by atoms with E-state index in [-0.39, 0.29) is 0 Å². The lowest BCUT2D eigenvalue weighted by Gasteiger charge is -2.34. The molecule has 108 valence electrons. The second-order valence-corrected chi connectivity index (χ2v) is 4.88. The van der Waals surface area contributed by atoms with E-state index in [1.807, 2.05) is 6.92 Å². The second kappa shape index (κ2) is 6.37. The number of ether oxygens (including phenoxy) is 1. The van der Waals surface area contributed by atoms with Gasteiger partial charge in [-0.2, -0.15) is 0 Å². The molecule has 2 atom stereocenters. The van der Waals surface area contributed by atoms with Gasteiger partial charge in [-0.25, -0.2) is 9.59 Å². The third-order valence-corrected chi connectivity index (χ3v) is 2.86. The third-order valence-electron chi connectivity index (χ3n) is 2.86. The Bertz CT molecular complexity index is 365. The number of hydrogen-bond acceptors (Lipinski definition) is 4. The molecule has 0 radical (unpaired) electrons. The molecule has 8 nitrogen and oxygen atoms in total. The number of nitrogens with one attached hydrogen (secondary N) is 2. The van der Waals surface area contributed by atoms with Crippen molar-refractivity contribution in [1.82, 2.24) is 10.6 Å². The summed E-state index contributed by atoms with van der Waals surface area (Å²) in [5.74, 6) is -2.10. The molecule has 0 saturated carbocycles. The van der Waals surface area contributed by atoms with Gasteiger partial charge in [-0.05, 0) is 19.8 Å². The fraction of sp³-hybridized carbons (Fsp3) is 0.727. The second-order valence-electron chi connectivity index (χ2n) is 4.88. The first-order valence-corrected chi connectivity index (χ1v) is 6.00. The molecular weight excluding hydrogens is 254 g/mol. The predicted molar refractivity (Wildman–Crippen MR) is 65.4 cm³/mol. The Morgan fingerprint density at radius 3 is 2.63 bits per heavy atom. The summed E-state index contributed by atoms with van der Waals surface area (Å²) in [7, 11) is 0. The summed E-state index contributed by atoms with van der Waals surface area (Å²) < 4.78 is 5.27. The Kier molecular flexibility index (Phi) is 5.11. The van der Waals surface area contributed by atoms with E-state index < -0.39 is 35.9 Å². The average molecular weight is 273 g/mol. The summed E-state index contributed by atoms with van der Waals surface area (Å²) in [6.45, 7) is 2.84. The third kappa shape index (κ3) is 5.12. The Labute approximate surface area is 110 Å². The molecule has 1 aliphatic rings. The highest BCUT2D eigenvalue weighted by Crippen LogP contribution is 2.17. The maximum absolute atomic E-state index is 11.7. The SMILES string of the molecule is CC1(NC(=O)N[C@@H](CC(N)=O)C(=O)O)CCCOC1. The highest BCUT2D eigenvalue weighted by atomic mass is 16.5. The van der Waals surface area contributed by atoms with Crippen LogP contribution in [0, 0.1) is 0 Å². The number of carbonyl (C=O) groups is 3. The number of aliphatic carboxylic acids is 1. The molecule has 5 N–H and O–H groups in total. The van der Waals surface area contributed by atoms with E-state index in [1.165, 1.54) is 0 Å².